The Bertz CT molecular complexity index is 512. The van der Waals surface area contributed by atoms with E-state index >= 15 is 0 Å². The van der Waals surface area contributed by atoms with Crippen molar-refractivity contribution in [2.75, 3.05) is 6.61 Å². The highest BCUT2D eigenvalue weighted by atomic mass is 16.5. The fourth-order valence-corrected chi connectivity index (χ4v) is 1.99. The Balaban J connectivity index is 1.91. The van der Waals surface area contributed by atoms with Gasteiger partial charge in [-0.2, -0.15) is 0 Å². The summed E-state index contributed by atoms with van der Waals surface area (Å²) in [5.74, 6) is -0.731. The maximum atomic E-state index is 11.3. The Labute approximate surface area is 106 Å². The standard InChI is InChI=1S/C14H15NO3/c1-9-3-10(2)5-11(4-9)7-18-8-12-6-13(16)15-14(12)17/h3-6H,7-8H2,1-2H3,(H,15,16,17). The van der Waals surface area contributed by atoms with E-state index in [1.54, 1.807) is 0 Å². The quantitative estimate of drug-likeness (QED) is 0.816. The number of hydrogen-bond donors (Lipinski definition) is 1. The van der Waals surface area contributed by atoms with Crippen LogP contribution in [0.15, 0.2) is 29.8 Å². The second-order valence-electron chi connectivity index (χ2n) is 4.48. The van der Waals surface area contributed by atoms with Crippen molar-refractivity contribution in [2.24, 2.45) is 0 Å². The molecule has 1 N–H and O–H groups in total. The van der Waals surface area contributed by atoms with Gasteiger partial charge in [-0.25, -0.2) is 0 Å². The first-order valence-corrected chi connectivity index (χ1v) is 5.75. The number of nitrogens with one attached hydrogen (secondary N) is 1. The minimum absolute atomic E-state index is 0.157. The van der Waals surface area contributed by atoms with Crippen LogP contribution in [0, 0.1) is 13.8 Å². The molecule has 0 saturated heterocycles. The number of benzene rings is 1. The smallest absolute Gasteiger partial charge is 0.256 e. The number of rotatable bonds is 4. The Hall–Kier alpha value is -1.94. The number of amides is 2. The van der Waals surface area contributed by atoms with E-state index in [1.165, 1.54) is 17.2 Å². The maximum absolute atomic E-state index is 11.3. The summed E-state index contributed by atoms with van der Waals surface area (Å²) in [5.41, 5.74) is 3.81. The molecule has 0 spiro atoms. The van der Waals surface area contributed by atoms with Gasteiger partial charge in [0.1, 0.15) is 0 Å². The van der Waals surface area contributed by atoms with E-state index in [0.717, 1.165) is 5.56 Å². The number of hydrogen-bond acceptors (Lipinski definition) is 3. The molecule has 4 nitrogen and oxygen atoms in total. The largest absolute Gasteiger partial charge is 0.372 e. The van der Waals surface area contributed by atoms with Gasteiger partial charge in [-0.15, -0.1) is 0 Å². The van der Waals surface area contributed by atoms with Crippen LogP contribution in [0.1, 0.15) is 16.7 Å². The Morgan fingerprint density at radius 3 is 2.28 bits per heavy atom. The lowest BCUT2D eigenvalue weighted by molar-refractivity contribution is -0.124. The van der Waals surface area contributed by atoms with E-state index in [2.05, 4.69) is 11.4 Å². The summed E-state index contributed by atoms with van der Waals surface area (Å²) in [6.45, 7) is 4.65. The average molecular weight is 245 g/mol. The molecule has 0 fully saturated rings. The number of aryl methyl sites for hydroxylation is 2. The number of carbonyl (C=O) groups is 2. The molecule has 18 heavy (non-hydrogen) atoms. The molecule has 1 aliphatic rings. The highest BCUT2D eigenvalue weighted by Gasteiger charge is 2.20. The van der Waals surface area contributed by atoms with Crippen LogP contribution in [0.2, 0.25) is 0 Å². The second kappa shape index (κ2) is 5.14. The molecule has 0 aliphatic carbocycles. The Morgan fingerprint density at radius 1 is 1.06 bits per heavy atom. The summed E-state index contributed by atoms with van der Waals surface area (Å²) >= 11 is 0. The van der Waals surface area contributed by atoms with Gasteiger partial charge in [0.05, 0.1) is 13.2 Å². The zero-order chi connectivity index (χ0) is 13.1. The minimum atomic E-state index is -0.370. The Kier molecular flexibility index (Phi) is 3.58. The second-order valence-corrected chi connectivity index (χ2v) is 4.48. The fourth-order valence-electron chi connectivity index (χ4n) is 1.99. The third-order valence-corrected chi connectivity index (χ3v) is 2.64. The molecule has 2 rings (SSSR count). The fraction of sp³-hybridized carbons (Fsp3) is 0.286. The normalized spacial score (nSPS) is 14.7. The van der Waals surface area contributed by atoms with Gasteiger partial charge >= 0.3 is 0 Å². The van der Waals surface area contributed by atoms with E-state index in [9.17, 15) is 9.59 Å². The predicted molar refractivity (Wildman–Crippen MR) is 66.8 cm³/mol. The maximum Gasteiger partial charge on any atom is 0.256 e. The summed E-state index contributed by atoms with van der Waals surface area (Å²) < 4.78 is 5.45. The van der Waals surface area contributed by atoms with E-state index < -0.39 is 0 Å². The molecule has 4 heteroatoms. The highest BCUT2D eigenvalue weighted by molar-refractivity contribution is 6.16. The van der Waals surface area contributed by atoms with Crippen molar-refractivity contribution in [3.63, 3.8) is 0 Å². The number of imide groups is 1. The minimum Gasteiger partial charge on any atom is -0.372 e. The third kappa shape index (κ3) is 3.05. The monoisotopic (exact) mass is 245 g/mol. The first-order valence-electron chi connectivity index (χ1n) is 5.75. The van der Waals surface area contributed by atoms with Crippen LogP contribution in [-0.2, 0) is 20.9 Å². The van der Waals surface area contributed by atoms with E-state index in [4.69, 9.17) is 4.74 Å². The molecule has 0 aromatic heterocycles. The van der Waals surface area contributed by atoms with Crippen LogP contribution in [-0.4, -0.2) is 18.4 Å². The summed E-state index contributed by atoms with van der Waals surface area (Å²) in [6.07, 6.45) is 1.28. The molecule has 1 aliphatic heterocycles. The molecule has 1 aromatic rings. The van der Waals surface area contributed by atoms with Gasteiger partial charge < -0.3 is 4.74 Å². The first kappa shape index (κ1) is 12.5. The van der Waals surface area contributed by atoms with Crippen molar-refractivity contribution >= 4 is 11.8 Å². The number of ether oxygens (including phenoxy) is 1. The predicted octanol–water partition coefficient (Wildman–Crippen LogP) is 1.40. The third-order valence-electron chi connectivity index (χ3n) is 2.64. The summed E-state index contributed by atoms with van der Waals surface area (Å²) in [7, 11) is 0. The molecule has 0 saturated carbocycles. The van der Waals surface area contributed by atoms with Crippen LogP contribution in [0.4, 0.5) is 0 Å². The highest BCUT2D eigenvalue weighted by Crippen LogP contribution is 2.11. The zero-order valence-corrected chi connectivity index (χ0v) is 10.4. The molecule has 0 atom stereocenters. The summed E-state index contributed by atoms with van der Waals surface area (Å²) in [4.78, 5) is 22.2. The number of carbonyl (C=O) groups excluding carboxylic acids is 2. The molecule has 1 aromatic carbocycles. The van der Waals surface area contributed by atoms with Crippen LogP contribution < -0.4 is 5.32 Å². The van der Waals surface area contributed by atoms with E-state index in [1.807, 2.05) is 26.0 Å². The van der Waals surface area contributed by atoms with Crippen molar-refractivity contribution in [3.05, 3.63) is 46.5 Å². The van der Waals surface area contributed by atoms with Crippen molar-refractivity contribution in [2.45, 2.75) is 20.5 Å². The Morgan fingerprint density at radius 2 is 1.72 bits per heavy atom. The zero-order valence-electron chi connectivity index (χ0n) is 10.4. The van der Waals surface area contributed by atoms with Gasteiger partial charge in [0.2, 0.25) is 0 Å². The SMILES string of the molecule is Cc1cc(C)cc(COCC2=CC(=O)NC2=O)c1. The van der Waals surface area contributed by atoms with Crippen molar-refractivity contribution < 1.29 is 14.3 Å². The molecule has 0 radical (unpaired) electrons. The van der Waals surface area contributed by atoms with Gasteiger partial charge in [0.25, 0.3) is 11.8 Å². The molecular weight excluding hydrogens is 230 g/mol. The van der Waals surface area contributed by atoms with Gasteiger partial charge in [-0.3, -0.25) is 14.9 Å². The van der Waals surface area contributed by atoms with Gasteiger partial charge in [-0.1, -0.05) is 29.3 Å². The van der Waals surface area contributed by atoms with Crippen molar-refractivity contribution in [3.8, 4) is 0 Å². The summed E-state index contributed by atoms with van der Waals surface area (Å²) in [5, 5.41) is 2.18. The van der Waals surface area contributed by atoms with Gasteiger partial charge in [0.15, 0.2) is 0 Å². The molecule has 2 amide bonds. The van der Waals surface area contributed by atoms with E-state index in [-0.39, 0.29) is 18.4 Å². The van der Waals surface area contributed by atoms with E-state index in [0.29, 0.717) is 12.2 Å². The molecule has 0 bridgehead atoms. The topological polar surface area (TPSA) is 55.4 Å². The summed E-state index contributed by atoms with van der Waals surface area (Å²) in [6, 6.07) is 6.18. The van der Waals surface area contributed by atoms with Crippen LogP contribution in [0.3, 0.4) is 0 Å². The first-order chi connectivity index (χ1) is 8.54. The molecule has 94 valence electrons. The lowest BCUT2D eigenvalue weighted by Crippen LogP contribution is -2.23. The van der Waals surface area contributed by atoms with Crippen LogP contribution in [0.5, 0.6) is 0 Å². The van der Waals surface area contributed by atoms with Crippen molar-refractivity contribution in [1.29, 1.82) is 0 Å². The molecule has 1 heterocycles. The molecule has 0 unspecified atom stereocenters. The van der Waals surface area contributed by atoms with Crippen LogP contribution >= 0.6 is 0 Å². The van der Waals surface area contributed by atoms with Gasteiger partial charge in [-0.05, 0) is 19.4 Å². The van der Waals surface area contributed by atoms with Crippen LogP contribution in [0.25, 0.3) is 0 Å². The average Bonchev–Trinajstić information content (AvgIpc) is 2.56. The molecular formula is C14H15NO3. The lowest BCUT2D eigenvalue weighted by atomic mass is 10.1. The van der Waals surface area contributed by atoms with Gasteiger partial charge in [0, 0.05) is 11.6 Å². The lowest BCUT2D eigenvalue weighted by Gasteiger charge is -2.06. The van der Waals surface area contributed by atoms with Crippen molar-refractivity contribution in [1.82, 2.24) is 5.32 Å².